The second kappa shape index (κ2) is 9.14. The summed E-state index contributed by atoms with van der Waals surface area (Å²) in [6, 6.07) is 16.6. The second-order valence-electron chi connectivity index (χ2n) is 5.96. The molecule has 0 radical (unpaired) electrons. The van der Waals surface area contributed by atoms with E-state index < -0.39 is 0 Å². The predicted molar refractivity (Wildman–Crippen MR) is 106 cm³/mol. The highest BCUT2D eigenvalue weighted by atomic mass is 16.5. The maximum Gasteiger partial charge on any atom is 0.275 e. The van der Waals surface area contributed by atoms with Crippen LogP contribution < -0.4 is 15.4 Å². The predicted octanol–water partition coefficient (Wildman–Crippen LogP) is 3.26. The van der Waals surface area contributed by atoms with Crippen molar-refractivity contribution in [3.63, 3.8) is 0 Å². The van der Waals surface area contributed by atoms with Crippen molar-refractivity contribution in [2.24, 2.45) is 0 Å². The summed E-state index contributed by atoms with van der Waals surface area (Å²) < 4.78 is 5.14. The van der Waals surface area contributed by atoms with Gasteiger partial charge >= 0.3 is 0 Å². The number of aromatic nitrogens is 2. The Morgan fingerprint density at radius 3 is 2.64 bits per heavy atom. The van der Waals surface area contributed by atoms with Crippen LogP contribution in [0.1, 0.15) is 21.6 Å². The van der Waals surface area contributed by atoms with Gasteiger partial charge in [-0.1, -0.05) is 18.2 Å². The molecule has 0 atom stereocenters. The van der Waals surface area contributed by atoms with Crippen molar-refractivity contribution >= 4 is 17.4 Å². The standard InChI is InChI=1S/C21H19N5O2/c1-28-18-7-5-15(6-8-18)9-10-23-20-14-24-19(13-25-20)21(27)26-17-4-2-3-16(11-17)12-22/h2-8,11,13-14H,9-10H2,1H3,(H,23,25)(H,26,27). The molecule has 0 aliphatic carbocycles. The van der Waals surface area contributed by atoms with Gasteiger partial charge in [0, 0.05) is 12.2 Å². The van der Waals surface area contributed by atoms with Crippen molar-refractivity contribution < 1.29 is 9.53 Å². The fourth-order valence-electron chi connectivity index (χ4n) is 2.53. The van der Waals surface area contributed by atoms with Gasteiger partial charge in [-0.2, -0.15) is 5.26 Å². The van der Waals surface area contributed by atoms with Crippen LogP contribution in [-0.2, 0) is 6.42 Å². The van der Waals surface area contributed by atoms with E-state index in [1.165, 1.54) is 18.0 Å². The molecule has 2 N–H and O–H groups in total. The molecular weight excluding hydrogens is 354 g/mol. The van der Waals surface area contributed by atoms with Crippen LogP contribution in [0.15, 0.2) is 60.9 Å². The average Bonchev–Trinajstić information content (AvgIpc) is 2.75. The highest BCUT2D eigenvalue weighted by Crippen LogP contribution is 2.13. The minimum Gasteiger partial charge on any atom is -0.497 e. The molecule has 0 saturated heterocycles. The number of anilines is 2. The zero-order chi connectivity index (χ0) is 19.8. The fraction of sp³-hybridized carbons (Fsp3) is 0.143. The largest absolute Gasteiger partial charge is 0.497 e. The number of carbonyl (C=O) groups excluding carboxylic acids is 1. The summed E-state index contributed by atoms with van der Waals surface area (Å²) in [6.45, 7) is 0.688. The lowest BCUT2D eigenvalue weighted by atomic mass is 10.1. The van der Waals surface area contributed by atoms with Crippen molar-refractivity contribution in [1.82, 2.24) is 9.97 Å². The van der Waals surface area contributed by atoms with Crippen molar-refractivity contribution in [3.8, 4) is 11.8 Å². The number of carbonyl (C=O) groups is 1. The van der Waals surface area contributed by atoms with Gasteiger partial charge in [-0.15, -0.1) is 0 Å². The Morgan fingerprint density at radius 1 is 1.14 bits per heavy atom. The van der Waals surface area contributed by atoms with Crippen LogP contribution in [-0.4, -0.2) is 29.5 Å². The molecule has 3 rings (SSSR count). The molecule has 3 aromatic rings. The minimum atomic E-state index is -0.382. The number of hydrogen-bond acceptors (Lipinski definition) is 6. The molecule has 2 aromatic carbocycles. The number of ether oxygens (including phenoxy) is 1. The van der Waals surface area contributed by atoms with Gasteiger partial charge < -0.3 is 15.4 Å². The Bertz CT molecular complexity index is 979. The van der Waals surface area contributed by atoms with Gasteiger partial charge in [0.05, 0.1) is 31.1 Å². The first-order chi connectivity index (χ1) is 13.7. The van der Waals surface area contributed by atoms with E-state index in [-0.39, 0.29) is 11.6 Å². The van der Waals surface area contributed by atoms with Crippen LogP contribution in [0.5, 0.6) is 5.75 Å². The van der Waals surface area contributed by atoms with E-state index in [9.17, 15) is 4.79 Å². The second-order valence-corrected chi connectivity index (χ2v) is 5.96. The molecule has 0 fully saturated rings. The lowest BCUT2D eigenvalue weighted by molar-refractivity contribution is 0.102. The summed E-state index contributed by atoms with van der Waals surface area (Å²) in [4.78, 5) is 20.6. The molecule has 0 aliphatic rings. The number of hydrogen-bond donors (Lipinski definition) is 2. The highest BCUT2D eigenvalue weighted by molar-refractivity contribution is 6.02. The number of nitrogens with one attached hydrogen (secondary N) is 2. The number of amides is 1. The van der Waals surface area contributed by atoms with E-state index in [0.29, 0.717) is 23.6 Å². The summed E-state index contributed by atoms with van der Waals surface area (Å²) in [5.74, 6) is 1.04. The Labute approximate surface area is 163 Å². The smallest absolute Gasteiger partial charge is 0.275 e. The van der Waals surface area contributed by atoms with E-state index >= 15 is 0 Å². The average molecular weight is 373 g/mol. The molecule has 0 aliphatic heterocycles. The number of rotatable bonds is 7. The van der Waals surface area contributed by atoms with Crippen molar-refractivity contribution in [3.05, 3.63) is 77.7 Å². The molecule has 0 unspecified atom stereocenters. The lowest BCUT2D eigenvalue weighted by Crippen LogP contribution is -2.15. The van der Waals surface area contributed by atoms with Gasteiger partial charge in [0.15, 0.2) is 0 Å². The first-order valence-electron chi connectivity index (χ1n) is 8.68. The van der Waals surface area contributed by atoms with E-state index in [4.69, 9.17) is 10.00 Å². The van der Waals surface area contributed by atoms with Gasteiger partial charge in [0.25, 0.3) is 5.91 Å². The van der Waals surface area contributed by atoms with E-state index in [2.05, 4.69) is 20.6 Å². The molecule has 0 spiro atoms. The molecule has 7 heteroatoms. The molecule has 7 nitrogen and oxygen atoms in total. The van der Waals surface area contributed by atoms with E-state index in [1.807, 2.05) is 30.3 Å². The van der Waals surface area contributed by atoms with Crippen molar-refractivity contribution in [1.29, 1.82) is 5.26 Å². The molecule has 0 saturated carbocycles. The molecule has 1 aromatic heterocycles. The number of nitrogens with zero attached hydrogens (tertiary/aromatic N) is 3. The molecule has 28 heavy (non-hydrogen) atoms. The molecule has 140 valence electrons. The van der Waals surface area contributed by atoms with E-state index in [0.717, 1.165) is 12.2 Å². The monoisotopic (exact) mass is 373 g/mol. The zero-order valence-electron chi connectivity index (χ0n) is 15.3. The SMILES string of the molecule is COc1ccc(CCNc2cnc(C(=O)Nc3cccc(C#N)c3)cn2)cc1. The van der Waals surface area contributed by atoms with Gasteiger partial charge in [0.1, 0.15) is 17.3 Å². The highest BCUT2D eigenvalue weighted by Gasteiger charge is 2.09. The third-order valence-electron chi connectivity index (χ3n) is 4.01. The van der Waals surface area contributed by atoms with Crippen LogP contribution in [0.25, 0.3) is 0 Å². The van der Waals surface area contributed by atoms with Crippen LogP contribution >= 0.6 is 0 Å². The quantitative estimate of drug-likeness (QED) is 0.659. The number of benzene rings is 2. The van der Waals surface area contributed by atoms with Gasteiger partial charge in [-0.05, 0) is 42.3 Å². The third kappa shape index (κ3) is 5.05. The van der Waals surface area contributed by atoms with Crippen molar-refractivity contribution in [2.45, 2.75) is 6.42 Å². The summed E-state index contributed by atoms with van der Waals surface area (Å²) >= 11 is 0. The van der Waals surface area contributed by atoms with Crippen molar-refractivity contribution in [2.75, 3.05) is 24.3 Å². The zero-order valence-corrected chi connectivity index (χ0v) is 15.3. The topological polar surface area (TPSA) is 99.9 Å². The first-order valence-corrected chi connectivity index (χ1v) is 8.68. The fourth-order valence-corrected chi connectivity index (χ4v) is 2.53. The van der Waals surface area contributed by atoms with Gasteiger partial charge in [-0.3, -0.25) is 4.79 Å². The normalized spacial score (nSPS) is 10.0. The summed E-state index contributed by atoms with van der Waals surface area (Å²) in [6.07, 6.45) is 3.76. The Kier molecular flexibility index (Phi) is 6.16. The molecule has 0 bridgehead atoms. The summed E-state index contributed by atoms with van der Waals surface area (Å²) in [5.41, 5.74) is 2.38. The van der Waals surface area contributed by atoms with Crippen LogP contribution in [0.2, 0.25) is 0 Å². The molecule has 1 heterocycles. The molecule has 1 amide bonds. The van der Waals surface area contributed by atoms with Crippen LogP contribution in [0.3, 0.4) is 0 Å². The number of nitriles is 1. The van der Waals surface area contributed by atoms with Crippen LogP contribution in [0, 0.1) is 11.3 Å². The minimum absolute atomic E-state index is 0.197. The molecular formula is C21H19N5O2. The Hall–Kier alpha value is -3.92. The summed E-state index contributed by atoms with van der Waals surface area (Å²) in [7, 11) is 1.64. The first kappa shape index (κ1) is 18.9. The third-order valence-corrected chi connectivity index (χ3v) is 4.01. The van der Waals surface area contributed by atoms with Crippen LogP contribution in [0.4, 0.5) is 11.5 Å². The maximum atomic E-state index is 12.2. The van der Waals surface area contributed by atoms with Gasteiger partial charge in [-0.25, -0.2) is 9.97 Å². The van der Waals surface area contributed by atoms with Gasteiger partial charge in [0.2, 0.25) is 0 Å². The number of methoxy groups -OCH3 is 1. The Morgan fingerprint density at radius 2 is 1.96 bits per heavy atom. The maximum absolute atomic E-state index is 12.2. The summed E-state index contributed by atoms with van der Waals surface area (Å²) in [5, 5.41) is 14.8. The lowest BCUT2D eigenvalue weighted by Gasteiger charge is -2.08. The van der Waals surface area contributed by atoms with E-state index in [1.54, 1.807) is 31.4 Å². The Balaban J connectivity index is 1.52.